The maximum absolute atomic E-state index is 13.2. The molecule has 0 aliphatic rings. The highest BCUT2D eigenvalue weighted by Crippen LogP contribution is 2.31. The zero-order valence-electron chi connectivity index (χ0n) is 15.4. The number of ether oxygens (including phenoxy) is 1. The Balaban J connectivity index is 2.18. The van der Waals surface area contributed by atoms with Crippen molar-refractivity contribution in [1.29, 1.82) is 0 Å². The van der Waals surface area contributed by atoms with E-state index in [0.29, 0.717) is 28.4 Å². The predicted molar refractivity (Wildman–Crippen MR) is 117 cm³/mol. The van der Waals surface area contributed by atoms with E-state index in [1.165, 1.54) is 0 Å². The summed E-state index contributed by atoms with van der Waals surface area (Å²) in [5, 5.41) is 9.55. The molecule has 0 atom stereocenters. The van der Waals surface area contributed by atoms with Crippen molar-refractivity contribution < 1.29 is 14.3 Å². The Morgan fingerprint density at radius 3 is 2.69 bits per heavy atom. The molecule has 7 nitrogen and oxygen atoms in total. The largest absolute Gasteiger partial charge is 0.461 e. The van der Waals surface area contributed by atoms with E-state index in [4.69, 9.17) is 16.3 Å². The Labute approximate surface area is 183 Å². The van der Waals surface area contributed by atoms with Crippen LogP contribution in [0.15, 0.2) is 38.9 Å². The molecule has 10 heteroatoms. The Bertz CT molecular complexity index is 1110. The van der Waals surface area contributed by atoms with Crippen LogP contribution in [0.3, 0.4) is 0 Å². The number of carbonyl (C=O) groups is 2. The second kappa shape index (κ2) is 9.51. The Kier molecular flexibility index (Phi) is 7.05. The van der Waals surface area contributed by atoms with Gasteiger partial charge >= 0.3 is 5.97 Å². The smallest absolute Gasteiger partial charge is 0.359 e. The third kappa shape index (κ3) is 4.68. The van der Waals surface area contributed by atoms with Gasteiger partial charge in [0.05, 0.1) is 17.7 Å². The Morgan fingerprint density at radius 2 is 2.03 bits per heavy atom. The van der Waals surface area contributed by atoms with Gasteiger partial charge in [-0.15, -0.1) is 22.9 Å². The first kappa shape index (κ1) is 21.5. The van der Waals surface area contributed by atoms with Crippen LogP contribution >= 0.6 is 38.9 Å². The topological polar surface area (TPSA) is 90.3 Å². The van der Waals surface area contributed by atoms with Gasteiger partial charge in [-0.25, -0.2) is 4.79 Å². The van der Waals surface area contributed by atoms with Gasteiger partial charge in [0, 0.05) is 27.5 Å². The molecular formula is C19H17BrClN3O4S. The van der Waals surface area contributed by atoms with Crippen molar-refractivity contribution in [2.24, 2.45) is 0 Å². The molecule has 0 saturated heterocycles. The van der Waals surface area contributed by atoms with Crippen LogP contribution in [-0.4, -0.2) is 34.1 Å². The van der Waals surface area contributed by atoms with Crippen LogP contribution in [0, 0.1) is 0 Å². The predicted octanol–water partition coefficient (Wildman–Crippen LogP) is 4.34. The lowest BCUT2D eigenvalue weighted by molar-refractivity contribution is -0.116. The Hall–Kier alpha value is -2.23. The molecule has 0 saturated carbocycles. The van der Waals surface area contributed by atoms with Gasteiger partial charge < -0.3 is 10.1 Å². The summed E-state index contributed by atoms with van der Waals surface area (Å²) in [6.07, 6.45) is 0.759. The number of nitrogens with one attached hydrogen (secondary N) is 1. The normalized spacial score (nSPS) is 10.9. The molecule has 0 bridgehead atoms. The monoisotopic (exact) mass is 497 g/mol. The van der Waals surface area contributed by atoms with E-state index in [-0.39, 0.29) is 30.0 Å². The number of hydrogen-bond acceptors (Lipinski definition) is 6. The van der Waals surface area contributed by atoms with E-state index in [1.54, 1.807) is 36.6 Å². The number of fused-ring (bicyclic) bond motifs is 1. The van der Waals surface area contributed by atoms with Crippen molar-refractivity contribution in [1.82, 2.24) is 9.78 Å². The quantitative estimate of drug-likeness (QED) is 0.386. The van der Waals surface area contributed by atoms with Crippen LogP contribution in [0.5, 0.6) is 0 Å². The lowest BCUT2D eigenvalue weighted by Crippen LogP contribution is -2.25. The van der Waals surface area contributed by atoms with E-state index < -0.39 is 11.5 Å². The van der Waals surface area contributed by atoms with Gasteiger partial charge in [0.2, 0.25) is 5.91 Å². The van der Waals surface area contributed by atoms with Crippen LogP contribution in [-0.2, 0) is 9.53 Å². The SMILES string of the molecule is CCOC(=O)c1nn(-c2ccc(Br)cc2)c(=O)c2c(NC(=O)CCCCl)scc12. The van der Waals surface area contributed by atoms with Crippen LogP contribution in [0.2, 0.25) is 0 Å². The number of benzene rings is 1. The minimum Gasteiger partial charge on any atom is -0.461 e. The van der Waals surface area contributed by atoms with Crippen molar-refractivity contribution in [3.63, 3.8) is 0 Å². The number of hydrogen-bond donors (Lipinski definition) is 1. The van der Waals surface area contributed by atoms with E-state index in [1.807, 2.05) is 0 Å². The number of nitrogens with zero attached hydrogens (tertiary/aromatic N) is 2. The summed E-state index contributed by atoms with van der Waals surface area (Å²) in [6.45, 7) is 1.86. The molecule has 3 rings (SSSR count). The number of aromatic nitrogens is 2. The minimum absolute atomic E-state index is 0.0156. The first-order chi connectivity index (χ1) is 14.0. The van der Waals surface area contributed by atoms with Gasteiger partial charge in [-0.1, -0.05) is 15.9 Å². The molecule has 0 aliphatic carbocycles. The van der Waals surface area contributed by atoms with Crippen LogP contribution in [0.25, 0.3) is 16.5 Å². The fourth-order valence-electron chi connectivity index (χ4n) is 2.67. The van der Waals surface area contributed by atoms with Gasteiger partial charge in [-0.3, -0.25) is 9.59 Å². The van der Waals surface area contributed by atoms with E-state index in [2.05, 4.69) is 26.3 Å². The third-order valence-corrected chi connectivity index (χ3v) is 5.67. The van der Waals surface area contributed by atoms with Crippen molar-refractivity contribution >= 4 is 66.5 Å². The summed E-state index contributed by atoms with van der Waals surface area (Å²) >= 11 is 10.2. The number of esters is 1. The number of alkyl halides is 1. The number of halogens is 2. The highest BCUT2D eigenvalue weighted by molar-refractivity contribution is 9.10. The van der Waals surface area contributed by atoms with Gasteiger partial charge in [0.15, 0.2) is 5.69 Å². The summed E-state index contributed by atoms with van der Waals surface area (Å²) in [5.74, 6) is -0.522. The van der Waals surface area contributed by atoms with Gasteiger partial charge in [0.1, 0.15) is 5.00 Å². The molecule has 2 heterocycles. The average molecular weight is 499 g/mol. The average Bonchev–Trinajstić information content (AvgIpc) is 3.12. The first-order valence-corrected chi connectivity index (χ1v) is 11.0. The molecule has 0 fully saturated rings. The maximum Gasteiger partial charge on any atom is 0.359 e. The minimum atomic E-state index is -0.638. The third-order valence-electron chi connectivity index (χ3n) is 3.98. The molecule has 0 aliphatic heterocycles. The lowest BCUT2D eigenvalue weighted by Gasteiger charge is -2.10. The maximum atomic E-state index is 13.2. The van der Waals surface area contributed by atoms with Crippen LogP contribution in [0.1, 0.15) is 30.3 Å². The highest BCUT2D eigenvalue weighted by Gasteiger charge is 2.23. The summed E-state index contributed by atoms with van der Waals surface area (Å²) in [4.78, 5) is 37.8. The number of anilines is 1. The fourth-order valence-corrected chi connectivity index (χ4v) is 4.02. The van der Waals surface area contributed by atoms with E-state index >= 15 is 0 Å². The number of rotatable bonds is 7. The second-order valence-corrected chi connectivity index (χ2v) is 8.13. The van der Waals surface area contributed by atoms with Crippen molar-refractivity contribution in [2.45, 2.75) is 19.8 Å². The molecule has 3 aromatic rings. The molecular weight excluding hydrogens is 482 g/mol. The Morgan fingerprint density at radius 1 is 1.31 bits per heavy atom. The van der Waals surface area contributed by atoms with Gasteiger partial charge in [-0.2, -0.15) is 9.78 Å². The number of thiophene rings is 1. The molecule has 1 aromatic carbocycles. The van der Waals surface area contributed by atoms with Crippen molar-refractivity contribution in [3.8, 4) is 5.69 Å². The van der Waals surface area contributed by atoms with Gasteiger partial charge in [0.25, 0.3) is 5.56 Å². The van der Waals surface area contributed by atoms with E-state index in [9.17, 15) is 14.4 Å². The molecule has 29 heavy (non-hydrogen) atoms. The zero-order chi connectivity index (χ0) is 21.0. The van der Waals surface area contributed by atoms with Crippen molar-refractivity contribution in [3.05, 3.63) is 50.2 Å². The van der Waals surface area contributed by atoms with Crippen LogP contribution in [0.4, 0.5) is 5.00 Å². The molecule has 1 amide bonds. The molecule has 0 spiro atoms. The number of carbonyl (C=O) groups excluding carboxylic acids is 2. The molecule has 0 radical (unpaired) electrons. The van der Waals surface area contributed by atoms with Crippen molar-refractivity contribution in [2.75, 3.05) is 17.8 Å². The summed E-state index contributed by atoms with van der Waals surface area (Å²) in [6, 6.07) is 6.93. The zero-order valence-corrected chi connectivity index (χ0v) is 18.6. The molecule has 2 aromatic heterocycles. The number of amides is 1. The molecule has 152 valence electrons. The van der Waals surface area contributed by atoms with E-state index in [0.717, 1.165) is 20.5 Å². The second-order valence-electron chi connectivity index (χ2n) is 5.96. The van der Waals surface area contributed by atoms with Crippen LogP contribution < -0.4 is 10.9 Å². The summed E-state index contributed by atoms with van der Waals surface area (Å²) < 4.78 is 7.09. The standard InChI is InChI=1S/C19H17BrClN3O4S/c1-2-28-19(27)16-13-10-29-17(22-14(25)4-3-9-21)15(13)18(26)24(23-16)12-7-5-11(20)6-8-12/h5-8,10H,2-4,9H2,1H3,(H,22,25). The summed E-state index contributed by atoms with van der Waals surface area (Å²) in [7, 11) is 0. The lowest BCUT2D eigenvalue weighted by atomic mass is 10.2. The highest BCUT2D eigenvalue weighted by atomic mass is 79.9. The fraction of sp³-hybridized carbons (Fsp3) is 0.263. The first-order valence-electron chi connectivity index (χ1n) is 8.79. The summed E-state index contributed by atoms with van der Waals surface area (Å²) in [5.41, 5.74) is 0.0578. The molecule has 0 unspecified atom stereocenters. The molecule has 1 N–H and O–H groups in total. The van der Waals surface area contributed by atoms with Gasteiger partial charge in [-0.05, 0) is 37.6 Å².